The average Bonchev–Trinajstić information content (AvgIpc) is 2.94. The Bertz CT molecular complexity index is 731. The van der Waals surface area contributed by atoms with Crippen molar-refractivity contribution in [3.05, 3.63) is 38.4 Å². The smallest absolute Gasteiger partial charge is 0.202 e. The molecule has 2 heterocycles. The Hall–Kier alpha value is -1.15. The van der Waals surface area contributed by atoms with E-state index in [9.17, 15) is 0 Å². The summed E-state index contributed by atoms with van der Waals surface area (Å²) in [7, 11) is 0. The molecule has 0 aliphatic heterocycles. The predicted octanol–water partition coefficient (Wildman–Crippen LogP) is 3.46. The number of nitrogen functional groups attached to an aromatic ring is 1. The fourth-order valence-electron chi connectivity index (χ4n) is 2.28. The summed E-state index contributed by atoms with van der Waals surface area (Å²) in [5, 5.41) is 3.01. The lowest BCUT2D eigenvalue weighted by molar-refractivity contribution is 0.452. The summed E-state index contributed by atoms with van der Waals surface area (Å²) in [6.45, 7) is 4.22. The summed E-state index contributed by atoms with van der Waals surface area (Å²) in [6.07, 6.45) is 1.82. The van der Waals surface area contributed by atoms with Crippen LogP contribution in [0.1, 0.15) is 18.9 Å². The molecule has 0 spiro atoms. The number of rotatable bonds is 2. The van der Waals surface area contributed by atoms with Gasteiger partial charge in [0.15, 0.2) is 0 Å². The van der Waals surface area contributed by atoms with Gasteiger partial charge in [0.25, 0.3) is 0 Å². The third-order valence-electron chi connectivity index (χ3n) is 3.16. The third-order valence-corrected chi connectivity index (χ3v) is 4.91. The molecule has 2 aromatic heterocycles. The van der Waals surface area contributed by atoms with Gasteiger partial charge in [0.05, 0.1) is 16.6 Å². The highest BCUT2D eigenvalue weighted by molar-refractivity contribution is 14.1. The first-order valence-corrected chi connectivity index (χ1v) is 7.80. The Balaban J connectivity index is 2.28. The molecule has 4 nitrogen and oxygen atoms in total. The number of benzene rings is 1. The molecule has 0 saturated heterocycles. The van der Waals surface area contributed by atoms with Gasteiger partial charge >= 0.3 is 0 Å². The molecule has 6 heteroatoms. The Kier molecular flexibility index (Phi) is 3.01. The first-order chi connectivity index (χ1) is 9.00. The van der Waals surface area contributed by atoms with E-state index in [-0.39, 0.29) is 5.54 Å². The number of hydrogen-bond acceptors (Lipinski definition) is 4. The predicted molar refractivity (Wildman–Crippen MR) is 87.4 cm³/mol. The van der Waals surface area contributed by atoms with Crippen LogP contribution in [-0.4, -0.2) is 14.5 Å². The van der Waals surface area contributed by atoms with Gasteiger partial charge in [0.2, 0.25) is 5.95 Å². The molecule has 0 unspecified atom stereocenters. The first kappa shape index (κ1) is 12.9. The lowest BCUT2D eigenvalue weighted by Crippen LogP contribution is -2.28. The largest absolute Gasteiger partial charge is 0.369 e. The van der Waals surface area contributed by atoms with E-state index in [1.165, 1.54) is 0 Å². The lowest BCUT2D eigenvalue weighted by atomic mass is 10.1. The van der Waals surface area contributed by atoms with Crippen LogP contribution in [0.4, 0.5) is 5.95 Å². The number of thiazole rings is 1. The van der Waals surface area contributed by atoms with E-state index < -0.39 is 0 Å². The zero-order valence-electron chi connectivity index (χ0n) is 10.6. The molecular formula is C13H13IN4S. The van der Waals surface area contributed by atoms with E-state index in [0.29, 0.717) is 5.95 Å². The first-order valence-electron chi connectivity index (χ1n) is 5.84. The van der Waals surface area contributed by atoms with E-state index in [2.05, 4.69) is 63.1 Å². The number of imidazole rings is 1. The number of aromatic nitrogens is 3. The fourth-order valence-corrected chi connectivity index (χ4v) is 3.51. The summed E-state index contributed by atoms with van der Waals surface area (Å²) in [6, 6.07) is 6.18. The van der Waals surface area contributed by atoms with Crippen LogP contribution in [0.25, 0.3) is 11.0 Å². The zero-order chi connectivity index (χ0) is 13.6. The van der Waals surface area contributed by atoms with E-state index in [1.54, 1.807) is 11.3 Å². The van der Waals surface area contributed by atoms with Crippen molar-refractivity contribution < 1.29 is 0 Å². The van der Waals surface area contributed by atoms with Crippen LogP contribution in [0.15, 0.2) is 29.8 Å². The number of nitrogens with zero attached hydrogens (tertiary/aromatic N) is 3. The highest BCUT2D eigenvalue weighted by Crippen LogP contribution is 2.33. The summed E-state index contributed by atoms with van der Waals surface area (Å²) >= 11 is 3.91. The molecule has 98 valence electrons. The van der Waals surface area contributed by atoms with E-state index in [1.807, 2.05) is 17.6 Å². The van der Waals surface area contributed by atoms with Crippen LogP contribution in [0.5, 0.6) is 0 Å². The third kappa shape index (κ3) is 2.02. The molecule has 0 atom stereocenters. The molecule has 0 bridgehead atoms. The number of halogens is 1. The summed E-state index contributed by atoms with van der Waals surface area (Å²) in [5.41, 5.74) is 7.78. The molecule has 0 aliphatic carbocycles. The SMILES string of the molecule is CC(C)(c1nccs1)n1c(N)nc2cc(I)ccc21. The molecule has 2 N–H and O–H groups in total. The van der Waals surface area contributed by atoms with Gasteiger partial charge in [-0.2, -0.15) is 0 Å². The molecule has 0 amide bonds. The highest BCUT2D eigenvalue weighted by atomic mass is 127. The van der Waals surface area contributed by atoms with Crippen LogP contribution in [0, 0.1) is 3.57 Å². The van der Waals surface area contributed by atoms with E-state index in [4.69, 9.17) is 5.73 Å². The van der Waals surface area contributed by atoms with Crippen molar-refractivity contribution in [3.63, 3.8) is 0 Å². The number of nitrogens with two attached hydrogens (primary N) is 1. The number of anilines is 1. The van der Waals surface area contributed by atoms with Gasteiger partial charge in [-0.25, -0.2) is 9.97 Å². The minimum absolute atomic E-state index is 0.306. The average molecular weight is 384 g/mol. The quantitative estimate of drug-likeness (QED) is 0.689. The monoisotopic (exact) mass is 384 g/mol. The van der Waals surface area contributed by atoms with E-state index in [0.717, 1.165) is 19.6 Å². The summed E-state index contributed by atoms with van der Waals surface area (Å²) in [5.74, 6) is 0.525. The van der Waals surface area contributed by atoms with Crippen molar-refractivity contribution in [3.8, 4) is 0 Å². The molecule has 3 aromatic rings. The van der Waals surface area contributed by atoms with Gasteiger partial charge in [-0.1, -0.05) is 0 Å². The highest BCUT2D eigenvalue weighted by Gasteiger charge is 2.29. The molecule has 0 saturated carbocycles. The van der Waals surface area contributed by atoms with Crippen LogP contribution < -0.4 is 5.73 Å². The van der Waals surface area contributed by atoms with Crippen LogP contribution in [-0.2, 0) is 5.54 Å². The topological polar surface area (TPSA) is 56.7 Å². The van der Waals surface area contributed by atoms with Crippen molar-refractivity contribution in [2.24, 2.45) is 0 Å². The lowest BCUT2D eigenvalue weighted by Gasteiger charge is -2.26. The minimum atomic E-state index is -0.306. The zero-order valence-corrected chi connectivity index (χ0v) is 13.6. The minimum Gasteiger partial charge on any atom is -0.369 e. The molecule has 19 heavy (non-hydrogen) atoms. The van der Waals surface area contributed by atoms with Gasteiger partial charge in [-0.05, 0) is 54.6 Å². The van der Waals surface area contributed by atoms with Crippen molar-refractivity contribution in [2.75, 3.05) is 5.73 Å². The fraction of sp³-hybridized carbons (Fsp3) is 0.231. The van der Waals surface area contributed by atoms with Crippen LogP contribution in [0.3, 0.4) is 0 Å². The Morgan fingerprint density at radius 2 is 2.16 bits per heavy atom. The molecular weight excluding hydrogens is 371 g/mol. The molecule has 1 aromatic carbocycles. The summed E-state index contributed by atoms with van der Waals surface area (Å²) in [4.78, 5) is 8.89. The summed E-state index contributed by atoms with van der Waals surface area (Å²) < 4.78 is 3.21. The van der Waals surface area contributed by atoms with Crippen molar-refractivity contribution in [1.29, 1.82) is 0 Å². The number of hydrogen-bond donors (Lipinski definition) is 1. The van der Waals surface area contributed by atoms with Crippen molar-refractivity contribution in [1.82, 2.24) is 14.5 Å². The second-order valence-corrected chi connectivity index (χ2v) is 6.97. The Morgan fingerprint density at radius 3 is 2.84 bits per heavy atom. The normalized spacial score (nSPS) is 12.2. The van der Waals surface area contributed by atoms with Gasteiger partial charge in [0, 0.05) is 15.1 Å². The molecule has 0 aliphatic rings. The van der Waals surface area contributed by atoms with Gasteiger partial charge in [-0.3, -0.25) is 4.57 Å². The molecule has 0 radical (unpaired) electrons. The molecule has 0 fully saturated rings. The van der Waals surface area contributed by atoms with Gasteiger partial charge in [0.1, 0.15) is 5.01 Å². The standard InChI is InChI=1S/C13H13IN4S/c1-13(2,11-16-5-6-19-11)18-10-4-3-8(14)7-9(10)17-12(18)15/h3-7H,1-2H3,(H2,15,17). The Labute approximate surface area is 128 Å². The van der Waals surface area contributed by atoms with Crippen LogP contribution >= 0.6 is 33.9 Å². The maximum absolute atomic E-state index is 6.12. The van der Waals surface area contributed by atoms with Gasteiger partial charge < -0.3 is 5.73 Å². The van der Waals surface area contributed by atoms with E-state index >= 15 is 0 Å². The van der Waals surface area contributed by atoms with Crippen LogP contribution in [0.2, 0.25) is 0 Å². The van der Waals surface area contributed by atoms with Crippen molar-refractivity contribution >= 4 is 50.9 Å². The number of fused-ring (bicyclic) bond motifs is 1. The Morgan fingerprint density at radius 1 is 1.37 bits per heavy atom. The molecule has 3 rings (SSSR count). The van der Waals surface area contributed by atoms with Crippen molar-refractivity contribution in [2.45, 2.75) is 19.4 Å². The maximum Gasteiger partial charge on any atom is 0.202 e. The second kappa shape index (κ2) is 4.45. The second-order valence-electron chi connectivity index (χ2n) is 4.83. The maximum atomic E-state index is 6.12. The van der Waals surface area contributed by atoms with Gasteiger partial charge in [-0.15, -0.1) is 11.3 Å².